The first-order valence-corrected chi connectivity index (χ1v) is 10.9. The minimum absolute atomic E-state index is 0.341. The molecule has 1 aliphatic rings. The normalized spacial score (nSPS) is 18.3. The smallest absolute Gasteiger partial charge is 0.319 e. The third kappa shape index (κ3) is 4.39. The Morgan fingerprint density at radius 2 is 1.81 bits per heavy atom. The highest BCUT2D eigenvalue weighted by atomic mass is 32.2. The van der Waals surface area contributed by atoms with Gasteiger partial charge in [-0.15, -0.1) is 0 Å². The molecule has 2 N–H and O–H groups in total. The molecule has 0 saturated carbocycles. The molecule has 3 amide bonds. The molecule has 0 bridgehead atoms. The number of carbonyl (C=O) groups excluding carboxylic acids is 2. The predicted molar refractivity (Wildman–Crippen MR) is 124 cm³/mol. The lowest BCUT2D eigenvalue weighted by Crippen LogP contribution is -2.43. The second kappa shape index (κ2) is 8.78. The molecule has 6 heteroatoms. The lowest BCUT2D eigenvalue weighted by Gasteiger charge is -2.26. The number of rotatable bonds is 6. The molecule has 0 aliphatic carbocycles. The molecule has 1 aliphatic heterocycles. The van der Waals surface area contributed by atoms with Gasteiger partial charge in [0.25, 0.3) is 5.91 Å². The molecule has 0 spiro atoms. The molecule has 1 atom stereocenters. The number of aryl methyl sites for hydroxylation is 1. The zero-order valence-electron chi connectivity index (χ0n) is 17.4. The van der Waals surface area contributed by atoms with Gasteiger partial charge in [0.05, 0.1) is 0 Å². The van der Waals surface area contributed by atoms with Crippen molar-refractivity contribution in [2.75, 3.05) is 0 Å². The first-order chi connectivity index (χ1) is 15.0. The second-order valence-corrected chi connectivity index (χ2v) is 8.57. The van der Waals surface area contributed by atoms with E-state index in [1.807, 2.05) is 13.0 Å². The number of hydrogen-bond donors (Lipinski definition) is 2. The van der Waals surface area contributed by atoms with Crippen LogP contribution in [-0.2, 0) is 10.3 Å². The van der Waals surface area contributed by atoms with Gasteiger partial charge < -0.3 is 5.32 Å². The Kier molecular flexibility index (Phi) is 5.91. The molecule has 156 valence electrons. The topological polar surface area (TPSA) is 71.1 Å². The van der Waals surface area contributed by atoms with Crippen molar-refractivity contribution in [3.8, 4) is 0 Å². The lowest BCUT2D eigenvalue weighted by atomic mass is 9.88. The number of nitrogens with one attached hydrogen (secondary N) is 2. The zero-order chi connectivity index (χ0) is 21.8. The number of amides is 3. The maximum absolute atomic E-state index is 12.6. The number of nitrogens with zero attached hydrogens (tertiary/aromatic N) is 1. The Labute approximate surface area is 186 Å². The fraction of sp³-hybridized carbons (Fsp3) is 0.160. The number of urea groups is 1. The highest BCUT2D eigenvalue weighted by Gasteiger charge is 2.47. The highest BCUT2D eigenvalue weighted by Crippen LogP contribution is 2.38. The van der Waals surface area contributed by atoms with Crippen LogP contribution in [0.4, 0.5) is 4.79 Å². The summed E-state index contributed by atoms with van der Waals surface area (Å²) >= 11 is 1.55. The van der Waals surface area contributed by atoms with Crippen LogP contribution in [0.15, 0.2) is 76.8 Å². The van der Waals surface area contributed by atoms with Gasteiger partial charge in [-0.05, 0) is 42.7 Å². The molecule has 5 nitrogen and oxygen atoms in total. The van der Waals surface area contributed by atoms with E-state index in [4.69, 9.17) is 0 Å². The monoisotopic (exact) mass is 429 g/mol. The molecule has 1 saturated heterocycles. The first kappa shape index (κ1) is 20.9. The molecule has 31 heavy (non-hydrogen) atoms. The molecule has 1 unspecified atom stereocenters. The van der Waals surface area contributed by atoms with E-state index in [-0.39, 0.29) is 5.91 Å². The van der Waals surface area contributed by atoms with Crippen LogP contribution >= 0.6 is 11.8 Å². The van der Waals surface area contributed by atoms with Crippen molar-refractivity contribution in [1.29, 1.82) is 0 Å². The standard InChI is InChI=1S/C25H23N3O2S/c1-3-25(23(29)27-24(30)28-25)21-16-26-14-13-22(21)31-20-11-9-18(10-12-20)7-8-19-6-4-5-17(2)15-19/h4-16H,3H2,1-2H3,(H2,27,28,29,30)/b8-7+. The maximum Gasteiger partial charge on any atom is 0.322 e. The van der Waals surface area contributed by atoms with Gasteiger partial charge in [-0.25, -0.2) is 4.79 Å². The molecule has 2 aromatic carbocycles. The van der Waals surface area contributed by atoms with Crippen molar-refractivity contribution in [3.05, 3.63) is 89.2 Å². The van der Waals surface area contributed by atoms with Crippen LogP contribution < -0.4 is 10.6 Å². The molecule has 4 rings (SSSR count). The number of carbonyl (C=O) groups is 2. The van der Waals surface area contributed by atoms with Crippen LogP contribution in [0, 0.1) is 6.92 Å². The van der Waals surface area contributed by atoms with Gasteiger partial charge in [-0.3, -0.25) is 15.1 Å². The third-order valence-corrected chi connectivity index (χ3v) is 6.41. The fourth-order valence-electron chi connectivity index (χ4n) is 3.65. The summed E-state index contributed by atoms with van der Waals surface area (Å²) in [5.41, 5.74) is 3.12. The molecule has 2 heterocycles. The summed E-state index contributed by atoms with van der Waals surface area (Å²) in [6, 6.07) is 18.0. The second-order valence-electron chi connectivity index (χ2n) is 7.46. The number of benzene rings is 2. The summed E-state index contributed by atoms with van der Waals surface area (Å²) in [5.74, 6) is -0.341. The van der Waals surface area contributed by atoms with E-state index in [1.165, 1.54) is 11.1 Å². The Bertz CT molecular complexity index is 1160. The van der Waals surface area contributed by atoms with E-state index >= 15 is 0 Å². The van der Waals surface area contributed by atoms with Crippen molar-refractivity contribution in [2.45, 2.75) is 35.6 Å². The fourth-order valence-corrected chi connectivity index (χ4v) is 4.64. The van der Waals surface area contributed by atoms with E-state index in [9.17, 15) is 9.59 Å². The minimum Gasteiger partial charge on any atom is -0.319 e. The predicted octanol–water partition coefficient (Wildman–Crippen LogP) is 5.16. The van der Waals surface area contributed by atoms with Crippen LogP contribution in [0.1, 0.15) is 35.6 Å². The van der Waals surface area contributed by atoms with Gasteiger partial charge >= 0.3 is 6.03 Å². The van der Waals surface area contributed by atoms with Crippen molar-refractivity contribution in [2.24, 2.45) is 0 Å². The molecule has 0 radical (unpaired) electrons. The summed E-state index contributed by atoms with van der Waals surface area (Å²) in [6.45, 7) is 3.96. The van der Waals surface area contributed by atoms with Gasteiger partial charge in [0, 0.05) is 27.7 Å². The van der Waals surface area contributed by atoms with E-state index in [0.29, 0.717) is 12.0 Å². The maximum atomic E-state index is 12.6. The summed E-state index contributed by atoms with van der Waals surface area (Å²) in [6.07, 6.45) is 7.99. The number of hydrogen-bond acceptors (Lipinski definition) is 4. The zero-order valence-corrected chi connectivity index (χ0v) is 18.2. The molecule has 3 aromatic rings. The Hall–Kier alpha value is -3.38. The van der Waals surface area contributed by atoms with Gasteiger partial charge in [0.2, 0.25) is 0 Å². The van der Waals surface area contributed by atoms with Crippen LogP contribution in [0.3, 0.4) is 0 Å². The number of aromatic nitrogens is 1. The van der Waals surface area contributed by atoms with Gasteiger partial charge in [0.15, 0.2) is 0 Å². The minimum atomic E-state index is -1.09. The van der Waals surface area contributed by atoms with Crippen molar-refractivity contribution in [1.82, 2.24) is 15.6 Å². The molecule has 1 aromatic heterocycles. The van der Waals surface area contributed by atoms with E-state index < -0.39 is 11.6 Å². The highest BCUT2D eigenvalue weighted by molar-refractivity contribution is 7.99. The van der Waals surface area contributed by atoms with Crippen molar-refractivity contribution >= 4 is 35.9 Å². The quantitative estimate of drug-likeness (QED) is 0.420. The van der Waals surface area contributed by atoms with Crippen LogP contribution in [0.25, 0.3) is 12.2 Å². The lowest BCUT2D eigenvalue weighted by molar-refractivity contribution is -0.124. The Morgan fingerprint density at radius 1 is 1.03 bits per heavy atom. The molecular weight excluding hydrogens is 406 g/mol. The Balaban J connectivity index is 1.55. The SMILES string of the molecule is CCC1(c2cnccc2Sc2ccc(/C=C/c3cccc(C)c3)cc2)NC(=O)NC1=O. The largest absolute Gasteiger partial charge is 0.322 e. The van der Waals surface area contributed by atoms with Crippen LogP contribution in [-0.4, -0.2) is 16.9 Å². The molecule has 1 fully saturated rings. The van der Waals surface area contributed by atoms with Crippen molar-refractivity contribution in [3.63, 3.8) is 0 Å². The van der Waals surface area contributed by atoms with Gasteiger partial charge in [0.1, 0.15) is 5.54 Å². The molecular formula is C25H23N3O2S. The summed E-state index contributed by atoms with van der Waals surface area (Å²) in [5, 5.41) is 5.15. The van der Waals surface area contributed by atoms with Gasteiger partial charge in [-0.1, -0.05) is 72.8 Å². The Morgan fingerprint density at radius 3 is 2.48 bits per heavy atom. The van der Waals surface area contributed by atoms with E-state index in [2.05, 4.69) is 83.2 Å². The van der Waals surface area contributed by atoms with Crippen LogP contribution in [0.2, 0.25) is 0 Å². The average molecular weight is 430 g/mol. The third-order valence-electron chi connectivity index (χ3n) is 5.33. The van der Waals surface area contributed by atoms with Gasteiger partial charge in [-0.2, -0.15) is 0 Å². The van der Waals surface area contributed by atoms with Crippen molar-refractivity contribution < 1.29 is 9.59 Å². The summed E-state index contributed by atoms with van der Waals surface area (Å²) in [4.78, 5) is 30.5. The average Bonchev–Trinajstić information content (AvgIpc) is 3.07. The van der Waals surface area contributed by atoms with E-state index in [1.54, 1.807) is 24.2 Å². The number of imide groups is 1. The van der Waals surface area contributed by atoms with E-state index in [0.717, 1.165) is 15.4 Å². The number of pyridine rings is 1. The van der Waals surface area contributed by atoms with Crippen LogP contribution in [0.5, 0.6) is 0 Å². The summed E-state index contributed by atoms with van der Waals surface area (Å²) in [7, 11) is 0. The summed E-state index contributed by atoms with van der Waals surface area (Å²) < 4.78 is 0. The first-order valence-electron chi connectivity index (χ1n) is 10.1.